The third-order valence-electron chi connectivity index (χ3n) is 5.39. The molecular weight excluding hydrogens is 346 g/mol. The van der Waals surface area contributed by atoms with E-state index in [9.17, 15) is 14.4 Å². The number of amides is 2. The Bertz CT molecular complexity index is 786. The monoisotopic (exact) mass is 369 g/mol. The minimum Gasteiger partial charge on any atom is -0.341 e. The van der Waals surface area contributed by atoms with Gasteiger partial charge in [-0.15, -0.1) is 0 Å². The van der Waals surface area contributed by atoms with Crippen molar-refractivity contribution in [2.75, 3.05) is 13.1 Å². The van der Waals surface area contributed by atoms with Gasteiger partial charge in [-0.3, -0.25) is 19.4 Å². The number of hydrogen-bond donors (Lipinski definition) is 3. The summed E-state index contributed by atoms with van der Waals surface area (Å²) in [7, 11) is 0. The molecule has 4 rings (SSSR count). The van der Waals surface area contributed by atoms with Crippen LogP contribution < -0.4 is 16.3 Å². The van der Waals surface area contributed by atoms with Crippen molar-refractivity contribution in [3.8, 4) is 0 Å². The van der Waals surface area contributed by atoms with Crippen LogP contribution >= 0.6 is 0 Å². The Hall–Kier alpha value is -2.71. The molecule has 0 saturated carbocycles. The van der Waals surface area contributed by atoms with E-state index in [1.54, 1.807) is 23.0 Å². The second-order valence-corrected chi connectivity index (χ2v) is 7.22. The number of nitrogens with one attached hydrogen (secondary N) is 3. The average molecular weight is 369 g/mol. The lowest BCUT2D eigenvalue weighted by molar-refractivity contribution is -0.138. The van der Waals surface area contributed by atoms with Gasteiger partial charge in [0.1, 0.15) is 6.04 Å². The van der Waals surface area contributed by atoms with Crippen LogP contribution in [-0.4, -0.2) is 52.7 Å². The molecule has 2 amide bonds. The minimum absolute atomic E-state index is 0.0637. The maximum atomic E-state index is 12.9. The number of ketones is 1. The first-order valence-electron chi connectivity index (χ1n) is 9.21. The van der Waals surface area contributed by atoms with Crippen LogP contribution in [-0.2, 0) is 9.59 Å². The predicted octanol–water partition coefficient (Wildman–Crippen LogP) is 0.161. The van der Waals surface area contributed by atoms with E-state index >= 15 is 0 Å². The molecule has 2 atom stereocenters. The number of Topliss-reactive ketones (excluding diaryl/α,β-unsaturated/α-hetero) is 1. The third-order valence-corrected chi connectivity index (χ3v) is 5.39. The second kappa shape index (κ2) is 7.13. The van der Waals surface area contributed by atoms with Gasteiger partial charge < -0.3 is 10.2 Å². The largest absolute Gasteiger partial charge is 0.341 e. The van der Waals surface area contributed by atoms with E-state index in [-0.39, 0.29) is 23.5 Å². The Kier molecular flexibility index (Phi) is 4.67. The number of hydrogen-bond acceptors (Lipinski definition) is 6. The van der Waals surface area contributed by atoms with Crippen LogP contribution in [0.15, 0.2) is 42.2 Å². The molecule has 8 heteroatoms. The fraction of sp³-hybridized carbons (Fsp3) is 0.421. The van der Waals surface area contributed by atoms with Gasteiger partial charge in [-0.2, -0.15) is 5.53 Å². The van der Waals surface area contributed by atoms with Gasteiger partial charge in [0.05, 0.1) is 0 Å². The van der Waals surface area contributed by atoms with Crippen molar-refractivity contribution in [1.82, 2.24) is 26.2 Å². The number of rotatable bonds is 3. The summed E-state index contributed by atoms with van der Waals surface area (Å²) in [5, 5.41) is 4.39. The Labute approximate surface area is 157 Å². The van der Waals surface area contributed by atoms with Crippen molar-refractivity contribution in [3.63, 3.8) is 0 Å². The first kappa shape index (κ1) is 17.7. The fourth-order valence-electron chi connectivity index (χ4n) is 3.95. The number of likely N-dealkylation sites (tertiary alicyclic amines) is 1. The fourth-order valence-corrected chi connectivity index (χ4v) is 3.95. The first-order valence-corrected chi connectivity index (χ1v) is 9.21. The third kappa shape index (κ3) is 3.33. The highest BCUT2D eigenvalue weighted by Crippen LogP contribution is 2.24. The highest BCUT2D eigenvalue weighted by Gasteiger charge is 2.46. The number of allylic oxidation sites excluding steroid dienone is 1. The maximum Gasteiger partial charge on any atom is 0.250 e. The minimum atomic E-state index is -0.657. The molecule has 2 unspecified atom stereocenters. The molecule has 27 heavy (non-hydrogen) atoms. The lowest BCUT2D eigenvalue weighted by atomic mass is 9.88. The van der Waals surface area contributed by atoms with E-state index in [0.717, 1.165) is 11.3 Å². The number of carbonyl (C=O) groups is 3. The molecule has 3 N–H and O–H groups in total. The number of fused-ring (bicyclic) bond motifs is 1. The summed E-state index contributed by atoms with van der Waals surface area (Å²) in [4.78, 5) is 39.6. The van der Waals surface area contributed by atoms with Gasteiger partial charge >= 0.3 is 0 Å². The van der Waals surface area contributed by atoms with Gasteiger partial charge in [0.2, 0.25) is 5.91 Å². The summed E-state index contributed by atoms with van der Waals surface area (Å²) >= 11 is 0. The van der Waals surface area contributed by atoms with Crippen LogP contribution in [0.25, 0.3) is 0 Å². The Balaban J connectivity index is 1.38. The quantitative estimate of drug-likeness (QED) is 0.658. The van der Waals surface area contributed by atoms with Gasteiger partial charge in [0.15, 0.2) is 11.8 Å². The van der Waals surface area contributed by atoms with Crippen molar-refractivity contribution >= 4 is 17.6 Å². The molecule has 3 heterocycles. The van der Waals surface area contributed by atoms with E-state index in [4.69, 9.17) is 0 Å². The summed E-state index contributed by atoms with van der Waals surface area (Å²) < 4.78 is 0. The average Bonchev–Trinajstić information content (AvgIpc) is 3.12. The van der Waals surface area contributed by atoms with E-state index in [1.807, 2.05) is 30.3 Å². The molecule has 3 aliphatic rings. The number of carbonyl (C=O) groups excluding carboxylic acids is 3. The molecule has 2 fully saturated rings. The number of hydrazine groups is 2. The molecule has 0 aromatic heterocycles. The SMILES string of the molecule is CC1=CN2NNC(C(=O)N3CCC(C(=O)c4ccccc4)CC3)C2C(=O)N1. The van der Waals surface area contributed by atoms with Crippen molar-refractivity contribution in [3.05, 3.63) is 47.8 Å². The molecule has 3 aliphatic heterocycles. The summed E-state index contributed by atoms with van der Waals surface area (Å²) in [5.41, 5.74) is 7.25. The van der Waals surface area contributed by atoms with E-state index in [1.165, 1.54) is 0 Å². The van der Waals surface area contributed by atoms with Crippen LogP contribution in [0.3, 0.4) is 0 Å². The molecule has 1 aromatic rings. The zero-order chi connectivity index (χ0) is 19.0. The number of benzene rings is 1. The topological polar surface area (TPSA) is 93.8 Å². The van der Waals surface area contributed by atoms with Crippen molar-refractivity contribution in [2.45, 2.75) is 31.8 Å². The molecular formula is C19H23N5O3. The molecule has 2 saturated heterocycles. The first-order chi connectivity index (χ1) is 13.0. The Morgan fingerprint density at radius 2 is 1.81 bits per heavy atom. The normalized spacial score (nSPS) is 25.7. The molecule has 142 valence electrons. The second-order valence-electron chi connectivity index (χ2n) is 7.22. The van der Waals surface area contributed by atoms with Crippen molar-refractivity contribution in [2.24, 2.45) is 5.92 Å². The van der Waals surface area contributed by atoms with Crippen molar-refractivity contribution in [1.29, 1.82) is 0 Å². The van der Waals surface area contributed by atoms with Gasteiger partial charge in [0.25, 0.3) is 5.91 Å². The summed E-state index contributed by atoms with van der Waals surface area (Å²) in [6.07, 6.45) is 3.04. The molecule has 0 bridgehead atoms. The van der Waals surface area contributed by atoms with Crippen LogP contribution in [0.4, 0.5) is 0 Å². The Morgan fingerprint density at radius 3 is 2.52 bits per heavy atom. The Morgan fingerprint density at radius 1 is 1.11 bits per heavy atom. The van der Waals surface area contributed by atoms with Gasteiger partial charge in [-0.05, 0) is 19.8 Å². The summed E-state index contributed by atoms with van der Waals surface area (Å²) in [6, 6.07) is 8.01. The van der Waals surface area contributed by atoms with Crippen LogP contribution in [0.5, 0.6) is 0 Å². The zero-order valence-electron chi connectivity index (χ0n) is 15.1. The zero-order valence-corrected chi connectivity index (χ0v) is 15.1. The van der Waals surface area contributed by atoms with Gasteiger partial charge in [-0.25, -0.2) is 5.43 Å². The molecule has 0 spiro atoms. The molecule has 0 radical (unpaired) electrons. The maximum absolute atomic E-state index is 12.9. The van der Waals surface area contributed by atoms with Crippen LogP contribution in [0.1, 0.15) is 30.1 Å². The molecule has 8 nitrogen and oxygen atoms in total. The lowest BCUT2D eigenvalue weighted by Crippen LogP contribution is -2.57. The lowest BCUT2D eigenvalue weighted by Gasteiger charge is -2.34. The van der Waals surface area contributed by atoms with Crippen LogP contribution in [0.2, 0.25) is 0 Å². The highest BCUT2D eigenvalue weighted by atomic mass is 16.2. The van der Waals surface area contributed by atoms with E-state index in [0.29, 0.717) is 25.9 Å². The predicted molar refractivity (Wildman–Crippen MR) is 97.7 cm³/mol. The van der Waals surface area contributed by atoms with Crippen molar-refractivity contribution < 1.29 is 14.4 Å². The summed E-state index contributed by atoms with van der Waals surface area (Å²) in [6.45, 7) is 2.83. The van der Waals surface area contributed by atoms with Gasteiger partial charge in [0, 0.05) is 36.5 Å². The van der Waals surface area contributed by atoms with Gasteiger partial charge in [-0.1, -0.05) is 30.3 Å². The standard InChI is InChI=1S/C19H23N5O3/c1-12-11-24-16(18(26)20-12)15(21-22-24)19(27)23-9-7-14(8-10-23)17(25)13-5-3-2-4-6-13/h2-6,11,14-16,21-22H,7-10H2,1H3,(H,20,26). The summed E-state index contributed by atoms with van der Waals surface area (Å²) in [5.74, 6) is -0.253. The molecule has 1 aromatic carbocycles. The molecule has 0 aliphatic carbocycles. The van der Waals surface area contributed by atoms with Crippen LogP contribution in [0, 0.1) is 5.92 Å². The van der Waals surface area contributed by atoms with E-state index in [2.05, 4.69) is 16.3 Å². The number of piperidine rings is 1. The number of nitrogens with zero attached hydrogens (tertiary/aromatic N) is 2. The smallest absolute Gasteiger partial charge is 0.250 e. The van der Waals surface area contributed by atoms with E-state index < -0.39 is 12.1 Å². The highest BCUT2D eigenvalue weighted by molar-refractivity contribution is 5.98.